The van der Waals surface area contributed by atoms with Crippen molar-refractivity contribution in [2.75, 3.05) is 44.7 Å². The Hall–Kier alpha value is -1.56. The van der Waals surface area contributed by atoms with Crippen LogP contribution in [0.25, 0.3) is 0 Å². The maximum absolute atomic E-state index is 10.6. The van der Waals surface area contributed by atoms with Crippen LogP contribution in [0.3, 0.4) is 0 Å². The van der Waals surface area contributed by atoms with E-state index in [-0.39, 0.29) is 0 Å². The molecular weight excluding hydrogens is 380 g/mol. The van der Waals surface area contributed by atoms with Crippen LogP contribution >= 0.6 is 15.9 Å². The lowest BCUT2D eigenvalue weighted by molar-refractivity contribution is 0.109. The summed E-state index contributed by atoms with van der Waals surface area (Å²) < 4.78 is 6.12. The first-order chi connectivity index (χ1) is 12.1. The predicted octanol–water partition coefficient (Wildman–Crippen LogP) is 3.62. The summed E-state index contributed by atoms with van der Waals surface area (Å²) in [5.41, 5.74) is 3.48. The number of piperazine rings is 1. The first kappa shape index (κ1) is 18.2. The number of aliphatic hydroxyl groups is 1. The average molecular weight is 405 g/mol. The molecule has 1 fully saturated rings. The molecule has 5 heteroatoms. The van der Waals surface area contributed by atoms with E-state index in [9.17, 15) is 5.11 Å². The second-order valence-corrected chi connectivity index (χ2v) is 7.39. The van der Waals surface area contributed by atoms with Crippen LogP contribution in [0.2, 0.25) is 0 Å². The highest BCUT2D eigenvalue weighted by Crippen LogP contribution is 2.28. The molecule has 4 nitrogen and oxygen atoms in total. The van der Waals surface area contributed by atoms with Gasteiger partial charge in [-0.05, 0) is 52.7 Å². The lowest BCUT2D eigenvalue weighted by atomic mass is 10.1. The van der Waals surface area contributed by atoms with E-state index < -0.39 is 6.10 Å². The van der Waals surface area contributed by atoms with Crippen molar-refractivity contribution in [2.24, 2.45) is 0 Å². The molecule has 1 heterocycles. The van der Waals surface area contributed by atoms with Crippen molar-refractivity contribution in [1.82, 2.24) is 4.90 Å². The number of methoxy groups -OCH3 is 1. The van der Waals surface area contributed by atoms with Gasteiger partial charge in [-0.2, -0.15) is 0 Å². The van der Waals surface area contributed by atoms with Crippen LogP contribution in [0.1, 0.15) is 17.2 Å². The fraction of sp³-hybridized carbons (Fsp3) is 0.400. The van der Waals surface area contributed by atoms with Crippen molar-refractivity contribution >= 4 is 21.6 Å². The highest BCUT2D eigenvalue weighted by atomic mass is 79.9. The first-order valence-corrected chi connectivity index (χ1v) is 9.41. The molecule has 25 heavy (non-hydrogen) atoms. The molecule has 0 aromatic heterocycles. The zero-order valence-corrected chi connectivity index (χ0v) is 16.4. The van der Waals surface area contributed by atoms with Gasteiger partial charge < -0.3 is 14.7 Å². The minimum Gasteiger partial charge on any atom is -0.496 e. The Balaban J connectivity index is 1.54. The standard InChI is InChI=1S/C20H25BrN2O2/c1-15-3-6-17(7-4-15)23-11-9-22(10-12-23)14-19(24)16-5-8-20(25-2)18(21)13-16/h3-8,13,19,24H,9-12,14H2,1-2H3. The smallest absolute Gasteiger partial charge is 0.133 e. The summed E-state index contributed by atoms with van der Waals surface area (Å²) in [6.45, 7) is 6.66. The van der Waals surface area contributed by atoms with Crippen LogP contribution < -0.4 is 9.64 Å². The molecule has 1 N–H and O–H groups in total. The van der Waals surface area contributed by atoms with Crippen LogP contribution in [-0.2, 0) is 0 Å². The van der Waals surface area contributed by atoms with E-state index in [0.717, 1.165) is 42.0 Å². The molecule has 2 aromatic carbocycles. The maximum atomic E-state index is 10.6. The first-order valence-electron chi connectivity index (χ1n) is 8.62. The number of hydrogen-bond acceptors (Lipinski definition) is 4. The van der Waals surface area contributed by atoms with E-state index in [2.05, 4.69) is 56.9 Å². The molecule has 1 aliphatic rings. The Morgan fingerprint density at radius 2 is 1.76 bits per heavy atom. The molecule has 0 amide bonds. The number of anilines is 1. The van der Waals surface area contributed by atoms with Crippen LogP contribution in [0.4, 0.5) is 5.69 Å². The van der Waals surface area contributed by atoms with Gasteiger partial charge in [-0.15, -0.1) is 0 Å². The van der Waals surface area contributed by atoms with Crippen molar-refractivity contribution in [3.63, 3.8) is 0 Å². The van der Waals surface area contributed by atoms with Crippen LogP contribution in [0, 0.1) is 6.92 Å². The van der Waals surface area contributed by atoms with Crippen molar-refractivity contribution in [2.45, 2.75) is 13.0 Å². The molecule has 0 saturated carbocycles. The van der Waals surface area contributed by atoms with E-state index in [1.807, 2.05) is 18.2 Å². The molecule has 0 aliphatic carbocycles. The lowest BCUT2D eigenvalue weighted by Gasteiger charge is -2.37. The van der Waals surface area contributed by atoms with E-state index in [1.54, 1.807) is 7.11 Å². The normalized spacial score (nSPS) is 16.7. The molecule has 0 spiro atoms. The largest absolute Gasteiger partial charge is 0.496 e. The van der Waals surface area contributed by atoms with E-state index in [0.29, 0.717) is 6.54 Å². The average Bonchev–Trinajstić information content (AvgIpc) is 2.63. The minimum atomic E-state index is -0.492. The Labute approximate surface area is 158 Å². The van der Waals surface area contributed by atoms with Crippen LogP contribution in [-0.4, -0.2) is 49.8 Å². The molecule has 3 rings (SSSR count). The van der Waals surface area contributed by atoms with Gasteiger partial charge >= 0.3 is 0 Å². The number of nitrogens with zero attached hydrogens (tertiary/aromatic N) is 2. The second kappa shape index (κ2) is 8.21. The second-order valence-electron chi connectivity index (χ2n) is 6.53. The monoisotopic (exact) mass is 404 g/mol. The van der Waals surface area contributed by atoms with Gasteiger partial charge in [0.25, 0.3) is 0 Å². The van der Waals surface area contributed by atoms with Gasteiger partial charge in [0, 0.05) is 38.4 Å². The zero-order valence-electron chi connectivity index (χ0n) is 14.8. The number of aliphatic hydroxyl groups excluding tert-OH is 1. The Bertz CT molecular complexity index is 697. The zero-order chi connectivity index (χ0) is 17.8. The third kappa shape index (κ3) is 4.54. The number of halogens is 1. The summed E-state index contributed by atoms with van der Waals surface area (Å²) in [5.74, 6) is 0.780. The van der Waals surface area contributed by atoms with E-state index in [1.165, 1.54) is 11.3 Å². The number of ether oxygens (including phenoxy) is 1. The number of rotatable bonds is 5. The Kier molecular flexibility index (Phi) is 5.99. The maximum Gasteiger partial charge on any atom is 0.133 e. The fourth-order valence-electron chi connectivity index (χ4n) is 3.18. The van der Waals surface area contributed by atoms with Crippen molar-refractivity contribution in [3.05, 3.63) is 58.1 Å². The lowest BCUT2D eigenvalue weighted by Crippen LogP contribution is -2.47. The quantitative estimate of drug-likeness (QED) is 0.825. The van der Waals surface area contributed by atoms with Gasteiger partial charge in [-0.25, -0.2) is 0 Å². The highest BCUT2D eigenvalue weighted by Gasteiger charge is 2.20. The number of aryl methyl sites for hydroxylation is 1. The predicted molar refractivity (Wildman–Crippen MR) is 105 cm³/mol. The van der Waals surface area contributed by atoms with E-state index in [4.69, 9.17) is 4.74 Å². The number of benzene rings is 2. The third-order valence-corrected chi connectivity index (χ3v) is 5.38. The van der Waals surface area contributed by atoms with Crippen LogP contribution in [0.15, 0.2) is 46.9 Å². The summed E-state index contributed by atoms with van der Waals surface area (Å²) in [6.07, 6.45) is -0.492. The molecule has 2 aromatic rings. The van der Waals surface area contributed by atoms with Crippen molar-refractivity contribution in [3.8, 4) is 5.75 Å². The molecule has 0 radical (unpaired) electrons. The third-order valence-electron chi connectivity index (χ3n) is 4.76. The number of β-amino-alcohol motifs (C(OH)–C–C–N with tert-alkyl or cyclic N) is 1. The summed E-state index contributed by atoms with van der Waals surface area (Å²) in [7, 11) is 1.64. The number of hydrogen-bond donors (Lipinski definition) is 1. The molecular formula is C20H25BrN2O2. The van der Waals surface area contributed by atoms with Gasteiger partial charge in [0.2, 0.25) is 0 Å². The van der Waals surface area contributed by atoms with Gasteiger partial charge in [0.15, 0.2) is 0 Å². The Morgan fingerprint density at radius 3 is 2.36 bits per heavy atom. The van der Waals surface area contributed by atoms with Gasteiger partial charge in [-0.3, -0.25) is 4.90 Å². The summed E-state index contributed by atoms with van der Waals surface area (Å²) in [4.78, 5) is 4.74. The fourth-order valence-corrected chi connectivity index (χ4v) is 3.74. The summed E-state index contributed by atoms with van der Waals surface area (Å²) in [5, 5.41) is 10.6. The van der Waals surface area contributed by atoms with Gasteiger partial charge in [0.05, 0.1) is 17.7 Å². The topological polar surface area (TPSA) is 35.9 Å². The molecule has 1 unspecified atom stereocenters. The van der Waals surface area contributed by atoms with Crippen molar-refractivity contribution in [1.29, 1.82) is 0 Å². The minimum absolute atomic E-state index is 0.492. The summed E-state index contributed by atoms with van der Waals surface area (Å²) >= 11 is 3.48. The molecule has 1 aliphatic heterocycles. The van der Waals surface area contributed by atoms with Gasteiger partial charge in [-0.1, -0.05) is 23.8 Å². The van der Waals surface area contributed by atoms with E-state index >= 15 is 0 Å². The van der Waals surface area contributed by atoms with Crippen molar-refractivity contribution < 1.29 is 9.84 Å². The molecule has 1 atom stereocenters. The summed E-state index contributed by atoms with van der Waals surface area (Å²) in [6, 6.07) is 14.4. The molecule has 134 valence electrons. The Morgan fingerprint density at radius 1 is 1.08 bits per heavy atom. The molecule has 1 saturated heterocycles. The van der Waals surface area contributed by atoms with Gasteiger partial charge in [0.1, 0.15) is 5.75 Å². The van der Waals surface area contributed by atoms with Crippen LogP contribution in [0.5, 0.6) is 5.75 Å². The molecule has 0 bridgehead atoms. The highest BCUT2D eigenvalue weighted by molar-refractivity contribution is 9.10. The SMILES string of the molecule is COc1ccc(C(O)CN2CCN(c3ccc(C)cc3)CC2)cc1Br.